The SMILES string of the molecule is CCC(=O)Nc1ccc(C)c(NC(C)c2ccc(Cl)s2)c1. The van der Waals surface area contributed by atoms with Crippen LogP contribution in [0.5, 0.6) is 0 Å². The molecule has 5 heteroatoms. The molecule has 3 nitrogen and oxygen atoms in total. The van der Waals surface area contributed by atoms with Gasteiger partial charge in [-0.15, -0.1) is 11.3 Å². The Labute approximate surface area is 134 Å². The Bertz CT molecular complexity index is 639. The Kier molecular flexibility index (Phi) is 5.26. The van der Waals surface area contributed by atoms with Crippen LogP contribution in [0.15, 0.2) is 30.3 Å². The molecule has 2 N–H and O–H groups in total. The summed E-state index contributed by atoms with van der Waals surface area (Å²) in [7, 11) is 0. The van der Waals surface area contributed by atoms with Crippen molar-refractivity contribution in [2.24, 2.45) is 0 Å². The maximum atomic E-state index is 11.5. The van der Waals surface area contributed by atoms with Gasteiger partial charge in [0.2, 0.25) is 5.91 Å². The van der Waals surface area contributed by atoms with Crippen molar-refractivity contribution in [2.75, 3.05) is 10.6 Å². The summed E-state index contributed by atoms with van der Waals surface area (Å²) in [5, 5.41) is 6.35. The van der Waals surface area contributed by atoms with Crippen molar-refractivity contribution in [1.29, 1.82) is 0 Å². The Morgan fingerprint density at radius 1 is 1.33 bits per heavy atom. The predicted octanol–water partition coefficient (Wildman–Crippen LogP) is 5.23. The van der Waals surface area contributed by atoms with Crippen molar-refractivity contribution in [2.45, 2.75) is 33.2 Å². The summed E-state index contributed by atoms with van der Waals surface area (Å²) in [4.78, 5) is 12.7. The number of halogens is 1. The summed E-state index contributed by atoms with van der Waals surface area (Å²) in [6.45, 7) is 5.98. The van der Waals surface area contributed by atoms with Crippen LogP contribution in [0.4, 0.5) is 11.4 Å². The van der Waals surface area contributed by atoms with Gasteiger partial charge in [0.05, 0.1) is 10.4 Å². The Morgan fingerprint density at radius 2 is 2.10 bits per heavy atom. The lowest BCUT2D eigenvalue weighted by Gasteiger charge is -2.17. The monoisotopic (exact) mass is 322 g/mol. The molecule has 1 unspecified atom stereocenters. The molecule has 1 amide bonds. The molecule has 1 heterocycles. The maximum Gasteiger partial charge on any atom is 0.224 e. The van der Waals surface area contributed by atoms with Crippen LogP contribution in [-0.2, 0) is 4.79 Å². The molecule has 0 saturated heterocycles. The number of carbonyl (C=O) groups excluding carboxylic acids is 1. The molecule has 0 aliphatic rings. The van der Waals surface area contributed by atoms with E-state index in [-0.39, 0.29) is 11.9 Å². The minimum atomic E-state index is 0.0166. The lowest BCUT2D eigenvalue weighted by molar-refractivity contribution is -0.115. The number of thiophene rings is 1. The fraction of sp³-hybridized carbons (Fsp3) is 0.312. The van der Waals surface area contributed by atoms with E-state index < -0.39 is 0 Å². The second kappa shape index (κ2) is 6.96. The Balaban J connectivity index is 2.15. The van der Waals surface area contributed by atoms with Crippen molar-refractivity contribution < 1.29 is 4.79 Å². The average molecular weight is 323 g/mol. The van der Waals surface area contributed by atoms with Gasteiger partial charge in [0.25, 0.3) is 0 Å². The maximum absolute atomic E-state index is 11.5. The van der Waals surface area contributed by atoms with E-state index in [1.54, 1.807) is 11.3 Å². The molecule has 1 aromatic carbocycles. The lowest BCUT2D eigenvalue weighted by Crippen LogP contribution is -2.11. The zero-order valence-corrected chi connectivity index (χ0v) is 13.9. The van der Waals surface area contributed by atoms with Gasteiger partial charge in [0, 0.05) is 22.7 Å². The third-order valence-electron chi connectivity index (χ3n) is 3.24. The van der Waals surface area contributed by atoms with Crippen LogP contribution < -0.4 is 10.6 Å². The van der Waals surface area contributed by atoms with Crippen LogP contribution in [0.25, 0.3) is 0 Å². The van der Waals surface area contributed by atoms with Gasteiger partial charge >= 0.3 is 0 Å². The summed E-state index contributed by atoms with van der Waals surface area (Å²) >= 11 is 7.55. The molecule has 0 fully saturated rings. The molecule has 1 aromatic heterocycles. The molecule has 0 spiro atoms. The number of carbonyl (C=O) groups is 1. The van der Waals surface area contributed by atoms with Crippen LogP contribution in [0.3, 0.4) is 0 Å². The van der Waals surface area contributed by atoms with Crippen LogP contribution in [0.1, 0.15) is 36.8 Å². The summed E-state index contributed by atoms with van der Waals surface area (Å²) in [6.07, 6.45) is 0.473. The number of benzene rings is 1. The summed E-state index contributed by atoms with van der Waals surface area (Å²) in [5.74, 6) is 0.0166. The molecular formula is C16H19ClN2OS. The zero-order chi connectivity index (χ0) is 15.4. The largest absolute Gasteiger partial charge is 0.377 e. The molecule has 112 valence electrons. The Hall–Kier alpha value is -1.52. The highest BCUT2D eigenvalue weighted by molar-refractivity contribution is 7.16. The third kappa shape index (κ3) is 4.22. The number of hydrogen-bond acceptors (Lipinski definition) is 3. The van der Waals surface area contributed by atoms with E-state index in [1.165, 1.54) is 4.88 Å². The van der Waals surface area contributed by atoms with Crippen molar-refractivity contribution in [3.8, 4) is 0 Å². The third-order valence-corrected chi connectivity index (χ3v) is 4.65. The van der Waals surface area contributed by atoms with Gasteiger partial charge in [0.15, 0.2) is 0 Å². The minimum Gasteiger partial charge on any atom is -0.377 e. The van der Waals surface area contributed by atoms with E-state index in [4.69, 9.17) is 11.6 Å². The molecule has 21 heavy (non-hydrogen) atoms. The molecule has 0 aliphatic heterocycles. The van der Waals surface area contributed by atoms with Crippen LogP contribution in [-0.4, -0.2) is 5.91 Å². The van der Waals surface area contributed by atoms with Gasteiger partial charge in [-0.3, -0.25) is 4.79 Å². The van der Waals surface area contributed by atoms with E-state index in [2.05, 4.69) is 17.6 Å². The minimum absolute atomic E-state index is 0.0166. The zero-order valence-electron chi connectivity index (χ0n) is 12.4. The summed E-state index contributed by atoms with van der Waals surface area (Å²) < 4.78 is 0.791. The van der Waals surface area contributed by atoms with E-state index in [1.807, 2.05) is 44.2 Å². The standard InChI is InChI=1S/C16H19ClN2OS/c1-4-16(20)19-12-6-5-10(2)13(9-12)18-11(3)14-7-8-15(17)21-14/h5-9,11,18H,4H2,1-3H3,(H,19,20). The highest BCUT2D eigenvalue weighted by atomic mass is 35.5. The van der Waals surface area contributed by atoms with Gasteiger partial charge in [0.1, 0.15) is 0 Å². The topological polar surface area (TPSA) is 41.1 Å². The molecule has 2 aromatic rings. The number of aryl methyl sites for hydroxylation is 1. The normalized spacial score (nSPS) is 12.0. The first-order valence-electron chi connectivity index (χ1n) is 6.92. The predicted molar refractivity (Wildman–Crippen MR) is 91.5 cm³/mol. The van der Waals surface area contributed by atoms with Gasteiger partial charge in [-0.2, -0.15) is 0 Å². The number of rotatable bonds is 5. The van der Waals surface area contributed by atoms with Gasteiger partial charge in [-0.1, -0.05) is 24.6 Å². The van der Waals surface area contributed by atoms with E-state index in [0.717, 1.165) is 21.3 Å². The molecule has 2 rings (SSSR count). The van der Waals surface area contributed by atoms with Gasteiger partial charge in [-0.05, 0) is 43.7 Å². The van der Waals surface area contributed by atoms with Crippen LogP contribution in [0.2, 0.25) is 4.34 Å². The molecule has 0 saturated carbocycles. The smallest absolute Gasteiger partial charge is 0.224 e. The Morgan fingerprint density at radius 3 is 2.71 bits per heavy atom. The van der Waals surface area contributed by atoms with Gasteiger partial charge in [-0.25, -0.2) is 0 Å². The number of nitrogens with one attached hydrogen (secondary N) is 2. The quantitative estimate of drug-likeness (QED) is 0.791. The first-order valence-corrected chi connectivity index (χ1v) is 8.11. The number of amides is 1. The molecule has 0 radical (unpaired) electrons. The lowest BCUT2D eigenvalue weighted by atomic mass is 10.1. The van der Waals surface area contributed by atoms with Crippen molar-refractivity contribution in [3.05, 3.63) is 45.1 Å². The number of anilines is 2. The number of hydrogen-bond donors (Lipinski definition) is 2. The van der Waals surface area contributed by atoms with Crippen molar-refractivity contribution in [1.82, 2.24) is 0 Å². The molecule has 1 atom stereocenters. The second-order valence-electron chi connectivity index (χ2n) is 4.94. The van der Waals surface area contributed by atoms with Gasteiger partial charge < -0.3 is 10.6 Å². The van der Waals surface area contributed by atoms with E-state index in [9.17, 15) is 4.79 Å². The molecular weight excluding hydrogens is 304 g/mol. The van der Waals surface area contributed by atoms with Crippen molar-refractivity contribution >= 4 is 40.2 Å². The average Bonchev–Trinajstić information content (AvgIpc) is 2.89. The van der Waals surface area contributed by atoms with E-state index >= 15 is 0 Å². The second-order valence-corrected chi connectivity index (χ2v) is 6.69. The first kappa shape index (κ1) is 15.9. The fourth-order valence-corrected chi connectivity index (χ4v) is 3.03. The fourth-order valence-electron chi connectivity index (χ4n) is 1.97. The highest BCUT2D eigenvalue weighted by Gasteiger charge is 2.10. The summed E-state index contributed by atoms with van der Waals surface area (Å²) in [5.41, 5.74) is 2.96. The van der Waals surface area contributed by atoms with Crippen LogP contribution >= 0.6 is 22.9 Å². The van der Waals surface area contributed by atoms with E-state index in [0.29, 0.717) is 6.42 Å². The summed E-state index contributed by atoms with van der Waals surface area (Å²) in [6, 6.07) is 9.99. The van der Waals surface area contributed by atoms with Crippen LogP contribution in [0, 0.1) is 6.92 Å². The van der Waals surface area contributed by atoms with Crippen molar-refractivity contribution in [3.63, 3.8) is 0 Å². The molecule has 0 bridgehead atoms. The first-order chi connectivity index (χ1) is 9.99. The molecule has 0 aliphatic carbocycles. The highest BCUT2D eigenvalue weighted by Crippen LogP contribution is 2.30.